The van der Waals surface area contributed by atoms with E-state index >= 15 is 0 Å². The van der Waals surface area contributed by atoms with E-state index in [0.29, 0.717) is 6.42 Å². The third-order valence-electron chi connectivity index (χ3n) is 3.78. The van der Waals surface area contributed by atoms with Crippen molar-refractivity contribution < 1.29 is 4.79 Å². The quantitative estimate of drug-likeness (QED) is 0.581. The second kappa shape index (κ2) is 4.45. The average molecular weight is 277 g/mol. The molecule has 0 N–H and O–H groups in total. The summed E-state index contributed by atoms with van der Waals surface area (Å²) >= 11 is 12.1. The smallest absolute Gasteiger partial charge is 0.231 e. The number of piperazine rings is 1. The topological polar surface area (TPSA) is 23.6 Å². The zero-order chi connectivity index (χ0) is 12.7. The molecule has 96 valence electrons. The molecule has 0 aromatic rings. The molecule has 0 bridgehead atoms. The molecule has 2 fully saturated rings. The Hall–Kier alpha value is -0.250. The fourth-order valence-electron chi connectivity index (χ4n) is 2.30. The van der Waals surface area contributed by atoms with E-state index in [4.69, 9.17) is 23.2 Å². The van der Waals surface area contributed by atoms with Crippen molar-refractivity contribution in [2.24, 2.45) is 5.41 Å². The van der Waals surface area contributed by atoms with Crippen molar-refractivity contribution in [2.75, 3.05) is 32.7 Å². The first-order valence-electron chi connectivity index (χ1n) is 5.91. The fourth-order valence-corrected chi connectivity index (χ4v) is 2.99. The monoisotopic (exact) mass is 276 g/mol. The largest absolute Gasteiger partial charge is 0.340 e. The lowest BCUT2D eigenvalue weighted by atomic mass is 10.1. The van der Waals surface area contributed by atoms with Gasteiger partial charge in [0.25, 0.3) is 0 Å². The van der Waals surface area contributed by atoms with Gasteiger partial charge in [0, 0.05) is 32.7 Å². The SMILES string of the molecule is C=CCN1CCN(C(=O)C2(C)CC2(Cl)Cl)CC1. The molecule has 0 spiro atoms. The van der Waals surface area contributed by atoms with Gasteiger partial charge in [-0.2, -0.15) is 0 Å². The van der Waals surface area contributed by atoms with Gasteiger partial charge in [-0.15, -0.1) is 29.8 Å². The Morgan fingerprint density at radius 2 is 1.88 bits per heavy atom. The van der Waals surface area contributed by atoms with E-state index < -0.39 is 9.75 Å². The van der Waals surface area contributed by atoms with Crippen LogP contribution in [-0.2, 0) is 4.79 Å². The highest BCUT2D eigenvalue weighted by Crippen LogP contribution is 2.64. The van der Waals surface area contributed by atoms with E-state index in [0.717, 1.165) is 32.7 Å². The maximum Gasteiger partial charge on any atom is 0.231 e. The van der Waals surface area contributed by atoms with Crippen LogP contribution in [0.4, 0.5) is 0 Å². The van der Waals surface area contributed by atoms with Gasteiger partial charge < -0.3 is 4.90 Å². The van der Waals surface area contributed by atoms with Crippen molar-refractivity contribution in [1.82, 2.24) is 9.80 Å². The Balaban J connectivity index is 1.90. The molecule has 1 amide bonds. The zero-order valence-electron chi connectivity index (χ0n) is 10.1. The predicted octanol–water partition coefficient (Wildman–Crippen LogP) is 1.90. The molecule has 0 radical (unpaired) electrons. The van der Waals surface area contributed by atoms with E-state index in [1.54, 1.807) is 0 Å². The van der Waals surface area contributed by atoms with Gasteiger partial charge >= 0.3 is 0 Å². The van der Waals surface area contributed by atoms with Crippen LogP contribution in [0.1, 0.15) is 13.3 Å². The predicted molar refractivity (Wildman–Crippen MR) is 70.4 cm³/mol. The second-order valence-electron chi connectivity index (χ2n) is 5.09. The van der Waals surface area contributed by atoms with Crippen LogP contribution in [0.2, 0.25) is 0 Å². The van der Waals surface area contributed by atoms with Gasteiger partial charge in [-0.3, -0.25) is 9.69 Å². The van der Waals surface area contributed by atoms with Gasteiger partial charge in [-0.25, -0.2) is 0 Å². The van der Waals surface area contributed by atoms with Gasteiger partial charge in [0.1, 0.15) is 4.33 Å². The molecule has 3 nitrogen and oxygen atoms in total. The lowest BCUT2D eigenvalue weighted by Crippen LogP contribution is -2.51. The molecule has 1 aliphatic carbocycles. The summed E-state index contributed by atoms with van der Waals surface area (Å²) < 4.78 is -0.859. The molecular formula is C12H18Cl2N2O. The van der Waals surface area contributed by atoms with Crippen molar-refractivity contribution in [3.05, 3.63) is 12.7 Å². The van der Waals surface area contributed by atoms with Crippen molar-refractivity contribution in [3.63, 3.8) is 0 Å². The van der Waals surface area contributed by atoms with Crippen LogP contribution in [-0.4, -0.2) is 52.8 Å². The fraction of sp³-hybridized carbons (Fsp3) is 0.750. The van der Waals surface area contributed by atoms with Crippen LogP contribution >= 0.6 is 23.2 Å². The highest BCUT2D eigenvalue weighted by atomic mass is 35.5. The molecule has 1 unspecified atom stereocenters. The van der Waals surface area contributed by atoms with Gasteiger partial charge in [0.05, 0.1) is 5.41 Å². The lowest BCUT2D eigenvalue weighted by Gasteiger charge is -2.35. The standard InChI is InChI=1S/C12H18Cl2N2O/c1-3-4-15-5-7-16(8-6-15)10(17)11(2)9-12(11,13)14/h3H,1,4-9H2,2H3. The van der Waals surface area contributed by atoms with Gasteiger partial charge in [0.15, 0.2) is 0 Å². The van der Waals surface area contributed by atoms with Crippen molar-refractivity contribution >= 4 is 29.1 Å². The molecular weight excluding hydrogens is 259 g/mol. The van der Waals surface area contributed by atoms with Crippen LogP contribution in [0.3, 0.4) is 0 Å². The summed E-state index contributed by atoms with van der Waals surface area (Å²) in [6.07, 6.45) is 2.46. The number of hydrogen-bond acceptors (Lipinski definition) is 2. The summed E-state index contributed by atoms with van der Waals surface area (Å²) in [6, 6.07) is 0. The van der Waals surface area contributed by atoms with Gasteiger partial charge in [-0.1, -0.05) is 6.08 Å². The molecule has 1 saturated carbocycles. The Kier molecular flexibility index (Phi) is 3.45. The minimum absolute atomic E-state index is 0.0979. The summed E-state index contributed by atoms with van der Waals surface area (Å²) in [5.74, 6) is 0.0979. The molecule has 0 aromatic carbocycles. The van der Waals surface area contributed by atoms with Crippen LogP contribution in [0.25, 0.3) is 0 Å². The molecule has 5 heteroatoms. The van der Waals surface area contributed by atoms with E-state index in [-0.39, 0.29) is 5.91 Å². The maximum absolute atomic E-state index is 12.3. The Morgan fingerprint density at radius 1 is 1.35 bits per heavy atom. The van der Waals surface area contributed by atoms with E-state index in [1.807, 2.05) is 17.9 Å². The first-order valence-corrected chi connectivity index (χ1v) is 6.67. The number of carbonyl (C=O) groups excluding carboxylic acids is 1. The lowest BCUT2D eigenvalue weighted by molar-refractivity contribution is -0.138. The Bertz CT molecular complexity index is 337. The third kappa shape index (κ3) is 2.33. The molecule has 0 aromatic heterocycles. The number of rotatable bonds is 3. The molecule has 2 aliphatic rings. The molecule has 2 rings (SSSR count). The number of hydrogen-bond donors (Lipinski definition) is 0. The van der Waals surface area contributed by atoms with Crippen LogP contribution in [0, 0.1) is 5.41 Å². The van der Waals surface area contributed by atoms with Crippen molar-refractivity contribution in [2.45, 2.75) is 17.7 Å². The normalized spacial score (nSPS) is 32.3. The highest BCUT2D eigenvalue weighted by molar-refractivity contribution is 6.53. The minimum Gasteiger partial charge on any atom is -0.340 e. The number of alkyl halides is 2. The first-order chi connectivity index (χ1) is 7.90. The first kappa shape index (κ1) is 13.2. The Morgan fingerprint density at radius 3 is 2.29 bits per heavy atom. The molecule has 1 atom stereocenters. The third-order valence-corrected chi connectivity index (χ3v) is 4.88. The Labute approximate surface area is 112 Å². The summed E-state index contributed by atoms with van der Waals surface area (Å²) in [7, 11) is 0. The minimum atomic E-state index is -0.859. The number of nitrogens with zero attached hydrogens (tertiary/aromatic N) is 2. The number of carbonyl (C=O) groups is 1. The van der Waals surface area contributed by atoms with Gasteiger partial charge in [0.2, 0.25) is 5.91 Å². The maximum atomic E-state index is 12.3. The van der Waals surface area contributed by atoms with Crippen molar-refractivity contribution in [3.8, 4) is 0 Å². The average Bonchev–Trinajstić information content (AvgIpc) is 2.80. The summed E-state index contributed by atoms with van der Waals surface area (Å²) in [6.45, 7) is 9.76. The molecule has 1 heterocycles. The van der Waals surface area contributed by atoms with E-state index in [1.165, 1.54) is 0 Å². The van der Waals surface area contributed by atoms with E-state index in [2.05, 4.69) is 11.5 Å². The second-order valence-corrected chi connectivity index (χ2v) is 6.58. The van der Waals surface area contributed by atoms with Gasteiger partial charge in [-0.05, 0) is 13.3 Å². The highest BCUT2D eigenvalue weighted by Gasteiger charge is 2.68. The van der Waals surface area contributed by atoms with Crippen LogP contribution in [0.15, 0.2) is 12.7 Å². The van der Waals surface area contributed by atoms with Crippen LogP contribution < -0.4 is 0 Å². The van der Waals surface area contributed by atoms with E-state index in [9.17, 15) is 4.79 Å². The van der Waals surface area contributed by atoms with Crippen LogP contribution in [0.5, 0.6) is 0 Å². The van der Waals surface area contributed by atoms with Crippen molar-refractivity contribution in [1.29, 1.82) is 0 Å². The molecule has 17 heavy (non-hydrogen) atoms. The zero-order valence-corrected chi connectivity index (χ0v) is 11.6. The number of halogens is 2. The summed E-state index contributed by atoms with van der Waals surface area (Å²) in [5, 5.41) is 0. The molecule has 1 saturated heterocycles. The molecule has 1 aliphatic heterocycles. The summed E-state index contributed by atoms with van der Waals surface area (Å²) in [5.41, 5.74) is -0.573. The summed E-state index contributed by atoms with van der Waals surface area (Å²) in [4.78, 5) is 16.4. The number of amides is 1.